The molecule has 1 atom stereocenters. The maximum absolute atomic E-state index is 12.8. The van der Waals surface area contributed by atoms with Crippen molar-refractivity contribution in [1.82, 2.24) is 19.8 Å². The monoisotopic (exact) mass is 322 g/mol. The van der Waals surface area contributed by atoms with Gasteiger partial charge in [0.05, 0.1) is 12.5 Å². The molecule has 0 spiro atoms. The van der Waals surface area contributed by atoms with E-state index in [4.69, 9.17) is 4.74 Å². The first-order valence-electron chi connectivity index (χ1n) is 8.24. The fourth-order valence-corrected chi connectivity index (χ4v) is 3.03. The van der Waals surface area contributed by atoms with Gasteiger partial charge in [0.1, 0.15) is 12.3 Å². The summed E-state index contributed by atoms with van der Waals surface area (Å²) < 4.78 is 6.66. The summed E-state index contributed by atoms with van der Waals surface area (Å²) in [6.07, 6.45) is 7.22. The molecule has 7 heteroatoms. The Morgan fingerprint density at radius 3 is 3.00 bits per heavy atom. The van der Waals surface area contributed by atoms with Gasteiger partial charge >= 0.3 is 0 Å². The number of hydrogen-bond donors (Lipinski definition) is 1. The summed E-state index contributed by atoms with van der Waals surface area (Å²) in [5.41, 5.74) is 0.641. The van der Waals surface area contributed by atoms with Crippen LogP contribution < -0.4 is 5.32 Å². The number of likely N-dealkylation sites (tertiary alicyclic amines) is 1. The molecular weight excluding hydrogens is 296 g/mol. The maximum Gasteiger partial charge on any atom is 0.272 e. The van der Waals surface area contributed by atoms with E-state index in [1.807, 2.05) is 16.4 Å². The Balaban J connectivity index is 1.95. The van der Waals surface area contributed by atoms with E-state index in [9.17, 15) is 9.59 Å². The molecule has 0 aliphatic carbocycles. The summed E-state index contributed by atoms with van der Waals surface area (Å²) in [6, 6.07) is 0.166. The van der Waals surface area contributed by atoms with Gasteiger partial charge in [0.15, 0.2) is 0 Å². The number of carbonyl (C=O) groups is 2. The van der Waals surface area contributed by atoms with Gasteiger partial charge in [0.25, 0.3) is 5.91 Å². The minimum absolute atomic E-state index is 0.0391. The molecule has 128 valence electrons. The first-order valence-corrected chi connectivity index (χ1v) is 8.24. The van der Waals surface area contributed by atoms with Gasteiger partial charge in [0.2, 0.25) is 5.91 Å². The number of carbonyl (C=O) groups excluding carboxylic acids is 2. The van der Waals surface area contributed by atoms with Crippen molar-refractivity contribution in [2.75, 3.05) is 26.8 Å². The van der Waals surface area contributed by atoms with Gasteiger partial charge < -0.3 is 19.5 Å². The SMILES string of the molecule is CCn1cncc1C(=O)N1CCCCC1CCNC(=O)COC. The fraction of sp³-hybridized carbons (Fsp3) is 0.688. The van der Waals surface area contributed by atoms with Gasteiger partial charge in [-0.2, -0.15) is 0 Å². The zero-order valence-corrected chi connectivity index (χ0v) is 14.0. The molecule has 1 fully saturated rings. The number of piperidine rings is 1. The predicted octanol–water partition coefficient (Wildman–Crippen LogP) is 1.05. The van der Waals surface area contributed by atoms with E-state index in [0.29, 0.717) is 12.2 Å². The van der Waals surface area contributed by atoms with Gasteiger partial charge in [-0.15, -0.1) is 0 Å². The number of rotatable bonds is 7. The van der Waals surface area contributed by atoms with Crippen molar-refractivity contribution in [3.63, 3.8) is 0 Å². The molecule has 1 saturated heterocycles. The van der Waals surface area contributed by atoms with E-state index in [-0.39, 0.29) is 24.5 Å². The van der Waals surface area contributed by atoms with Crippen LogP contribution in [0.4, 0.5) is 0 Å². The second-order valence-electron chi connectivity index (χ2n) is 5.78. The summed E-state index contributed by atoms with van der Waals surface area (Å²) in [4.78, 5) is 30.3. The van der Waals surface area contributed by atoms with E-state index in [1.165, 1.54) is 7.11 Å². The van der Waals surface area contributed by atoms with Crippen LogP contribution in [0.3, 0.4) is 0 Å². The molecule has 7 nitrogen and oxygen atoms in total. The lowest BCUT2D eigenvalue weighted by Gasteiger charge is -2.36. The first kappa shape index (κ1) is 17.5. The Kier molecular flexibility index (Phi) is 6.58. The first-order chi connectivity index (χ1) is 11.2. The van der Waals surface area contributed by atoms with Crippen LogP contribution in [0.2, 0.25) is 0 Å². The highest BCUT2D eigenvalue weighted by Crippen LogP contribution is 2.21. The number of aromatic nitrogens is 2. The lowest BCUT2D eigenvalue weighted by Crippen LogP contribution is -2.46. The molecule has 1 unspecified atom stereocenters. The van der Waals surface area contributed by atoms with Crippen molar-refractivity contribution in [3.05, 3.63) is 18.2 Å². The van der Waals surface area contributed by atoms with Crippen molar-refractivity contribution < 1.29 is 14.3 Å². The lowest BCUT2D eigenvalue weighted by molar-refractivity contribution is -0.124. The number of imidazole rings is 1. The van der Waals surface area contributed by atoms with Crippen LogP contribution in [0.25, 0.3) is 0 Å². The molecule has 1 aromatic rings. The van der Waals surface area contributed by atoms with Crippen LogP contribution in [0, 0.1) is 0 Å². The summed E-state index contributed by atoms with van der Waals surface area (Å²) in [5.74, 6) is -0.0810. The molecule has 0 saturated carbocycles. The molecule has 2 heterocycles. The van der Waals surface area contributed by atoms with E-state index in [2.05, 4.69) is 10.3 Å². The van der Waals surface area contributed by atoms with Gasteiger partial charge in [-0.25, -0.2) is 4.98 Å². The molecule has 1 aliphatic rings. The standard InChI is InChI=1S/C16H26N4O3/c1-3-19-12-17-10-14(19)16(22)20-9-5-4-6-13(20)7-8-18-15(21)11-23-2/h10,12-13H,3-9,11H2,1-2H3,(H,18,21). The molecule has 0 aromatic carbocycles. The molecular formula is C16H26N4O3. The maximum atomic E-state index is 12.8. The zero-order chi connectivity index (χ0) is 16.7. The third kappa shape index (κ3) is 4.54. The molecule has 1 aliphatic heterocycles. The fourth-order valence-electron chi connectivity index (χ4n) is 3.03. The number of amides is 2. The molecule has 23 heavy (non-hydrogen) atoms. The van der Waals surface area contributed by atoms with Crippen molar-refractivity contribution in [3.8, 4) is 0 Å². The summed E-state index contributed by atoms with van der Waals surface area (Å²) in [5, 5.41) is 2.83. The third-order valence-corrected chi connectivity index (χ3v) is 4.24. The number of nitrogens with one attached hydrogen (secondary N) is 1. The van der Waals surface area contributed by atoms with Gasteiger partial charge in [-0.1, -0.05) is 0 Å². The minimum Gasteiger partial charge on any atom is -0.375 e. The van der Waals surface area contributed by atoms with Crippen LogP contribution >= 0.6 is 0 Å². The Morgan fingerprint density at radius 1 is 1.43 bits per heavy atom. The van der Waals surface area contributed by atoms with E-state index < -0.39 is 0 Å². The molecule has 0 bridgehead atoms. The topological polar surface area (TPSA) is 76.5 Å². The van der Waals surface area contributed by atoms with Gasteiger partial charge in [-0.05, 0) is 32.6 Å². The van der Waals surface area contributed by atoms with E-state index in [0.717, 1.165) is 38.8 Å². The van der Waals surface area contributed by atoms with Crippen LogP contribution in [0.1, 0.15) is 43.1 Å². The molecule has 2 amide bonds. The van der Waals surface area contributed by atoms with Crippen molar-refractivity contribution in [1.29, 1.82) is 0 Å². The lowest BCUT2D eigenvalue weighted by atomic mass is 9.99. The molecule has 1 aromatic heterocycles. The van der Waals surface area contributed by atoms with Crippen LogP contribution in [0.15, 0.2) is 12.5 Å². The highest BCUT2D eigenvalue weighted by molar-refractivity contribution is 5.92. The molecule has 1 N–H and O–H groups in total. The number of aryl methyl sites for hydroxylation is 1. The van der Waals surface area contributed by atoms with Gasteiger partial charge in [0, 0.05) is 32.8 Å². The highest BCUT2D eigenvalue weighted by atomic mass is 16.5. The van der Waals surface area contributed by atoms with Crippen molar-refractivity contribution in [2.24, 2.45) is 0 Å². The van der Waals surface area contributed by atoms with E-state index in [1.54, 1.807) is 12.5 Å². The highest BCUT2D eigenvalue weighted by Gasteiger charge is 2.28. The minimum atomic E-state index is -0.120. The van der Waals surface area contributed by atoms with Crippen molar-refractivity contribution >= 4 is 11.8 Å². The average Bonchev–Trinajstić information content (AvgIpc) is 3.03. The number of methoxy groups -OCH3 is 1. The van der Waals surface area contributed by atoms with Crippen LogP contribution in [0.5, 0.6) is 0 Å². The number of ether oxygens (including phenoxy) is 1. The Bertz CT molecular complexity index is 529. The normalized spacial score (nSPS) is 18.0. The third-order valence-electron chi connectivity index (χ3n) is 4.24. The second-order valence-corrected chi connectivity index (χ2v) is 5.78. The predicted molar refractivity (Wildman–Crippen MR) is 86.1 cm³/mol. The smallest absolute Gasteiger partial charge is 0.272 e. The molecule has 2 rings (SSSR count). The summed E-state index contributed by atoms with van der Waals surface area (Å²) in [7, 11) is 1.50. The largest absolute Gasteiger partial charge is 0.375 e. The van der Waals surface area contributed by atoms with Crippen LogP contribution in [-0.4, -0.2) is 59.1 Å². The molecule has 0 radical (unpaired) electrons. The zero-order valence-electron chi connectivity index (χ0n) is 14.0. The van der Waals surface area contributed by atoms with Crippen LogP contribution in [-0.2, 0) is 16.1 Å². The summed E-state index contributed by atoms with van der Waals surface area (Å²) >= 11 is 0. The average molecular weight is 322 g/mol. The second kappa shape index (κ2) is 8.67. The Hall–Kier alpha value is -1.89. The number of nitrogens with zero attached hydrogens (tertiary/aromatic N) is 3. The summed E-state index contributed by atoms with van der Waals surface area (Å²) in [6.45, 7) is 4.13. The Labute approximate surface area is 137 Å². The quantitative estimate of drug-likeness (QED) is 0.814. The Morgan fingerprint density at radius 2 is 2.26 bits per heavy atom. The van der Waals surface area contributed by atoms with Gasteiger partial charge in [-0.3, -0.25) is 9.59 Å². The van der Waals surface area contributed by atoms with E-state index >= 15 is 0 Å². The number of hydrogen-bond acceptors (Lipinski definition) is 4. The van der Waals surface area contributed by atoms with Crippen molar-refractivity contribution in [2.45, 2.75) is 45.2 Å².